The number of nitrogens with two attached hydrogens (primary N) is 1. The van der Waals surface area contributed by atoms with E-state index in [0.717, 1.165) is 5.56 Å². The van der Waals surface area contributed by atoms with E-state index in [9.17, 15) is 4.79 Å². The molecule has 82 valence electrons. The normalized spacial score (nSPS) is 9.18. The Hall–Kier alpha value is -2.60. The van der Waals surface area contributed by atoms with Gasteiger partial charge in [-0.25, -0.2) is 4.98 Å². The average Bonchev–Trinajstić information content (AvgIpc) is 2.38. The van der Waals surface area contributed by atoms with Crippen molar-refractivity contribution >= 4 is 11.6 Å². The van der Waals surface area contributed by atoms with Gasteiger partial charge >= 0.3 is 0 Å². The molecule has 17 heavy (non-hydrogen) atoms. The number of ketones is 1. The predicted molar refractivity (Wildman–Crippen MR) is 66.3 cm³/mol. The van der Waals surface area contributed by atoms with Gasteiger partial charge in [-0.1, -0.05) is 24.1 Å². The molecule has 2 aromatic rings. The molecule has 0 amide bonds. The highest BCUT2D eigenvalue weighted by Gasteiger charge is 2.06. The van der Waals surface area contributed by atoms with Crippen molar-refractivity contribution < 1.29 is 4.79 Å². The molecule has 0 aliphatic carbocycles. The second-order valence-electron chi connectivity index (χ2n) is 3.38. The van der Waals surface area contributed by atoms with Gasteiger partial charge in [0.1, 0.15) is 5.82 Å². The molecule has 2 N–H and O–H groups in total. The van der Waals surface area contributed by atoms with Crippen LogP contribution in [-0.4, -0.2) is 10.8 Å². The Balaban J connectivity index is 2.24. The largest absolute Gasteiger partial charge is 0.383 e. The molecule has 0 radical (unpaired) electrons. The Morgan fingerprint density at radius 1 is 1.12 bits per heavy atom. The van der Waals surface area contributed by atoms with E-state index in [0.29, 0.717) is 5.56 Å². The number of Topliss-reactive ketones (excluding diaryl/α,β-unsaturated/α-hetero) is 1. The molecular weight excluding hydrogens is 212 g/mol. The van der Waals surface area contributed by atoms with E-state index in [1.807, 2.05) is 30.3 Å². The number of carbonyl (C=O) groups excluding carboxylic acids is 1. The SMILES string of the molecule is Nc1ncccc1C(=O)C#Cc1ccccc1. The van der Waals surface area contributed by atoms with Gasteiger partial charge in [0, 0.05) is 11.8 Å². The lowest BCUT2D eigenvalue weighted by molar-refractivity contribution is 0.105. The van der Waals surface area contributed by atoms with Gasteiger partial charge in [-0.3, -0.25) is 4.79 Å². The summed E-state index contributed by atoms with van der Waals surface area (Å²) in [6.07, 6.45) is 1.54. The number of hydrogen-bond donors (Lipinski definition) is 1. The van der Waals surface area contributed by atoms with Crippen LogP contribution in [0.1, 0.15) is 15.9 Å². The number of benzene rings is 1. The zero-order valence-corrected chi connectivity index (χ0v) is 9.05. The van der Waals surface area contributed by atoms with Gasteiger partial charge in [-0.05, 0) is 30.2 Å². The predicted octanol–water partition coefficient (Wildman–Crippen LogP) is 1.90. The average molecular weight is 222 g/mol. The summed E-state index contributed by atoms with van der Waals surface area (Å²) in [6, 6.07) is 12.6. The molecule has 0 aliphatic rings. The molecule has 3 nitrogen and oxygen atoms in total. The number of nitrogen functional groups attached to an aromatic ring is 1. The van der Waals surface area contributed by atoms with Crippen LogP contribution in [0, 0.1) is 11.8 Å². The van der Waals surface area contributed by atoms with Crippen LogP contribution in [0.4, 0.5) is 5.82 Å². The zero-order chi connectivity index (χ0) is 12.1. The molecule has 0 saturated heterocycles. The molecule has 0 saturated carbocycles. The lowest BCUT2D eigenvalue weighted by atomic mass is 10.1. The molecule has 0 atom stereocenters. The highest BCUT2D eigenvalue weighted by molar-refractivity contribution is 6.11. The lowest BCUT2D eigenvalue weighted by Crippen LogP contribution is -2.02. The summed E-state index contributed by atoms with van der Waals surface area (Å²) in [7, 11) is 0. The fourth-order valence-corrected chi connectivity index (χ4v) is 1.33. The molecular formula is C14H10N2O. The topological polar surface area (TPSA) is 56.0 Å². The Morgan fingerprint density at radius 3 is 2.59 bits per heavy atom. The molecule has 0 unspecified atom stereocenters. The third-order valence-corrected chi connectivity index (χ3v) is 2.18. The van der Waals surface area contributed by atoms with E-state index in [2.05, 4.69) is 16.8 Å². The van der Waals surface area contributed by atoms with Crippen molar-refractivity contribution in [2.75, 3.05) is 5.73 Å². The number of anilines is 1. The summed E-state index contributed by atoms with van der Waals surface area (Å²) in [6.45, 7) is 0. The second kappa shape index (κ2) is 4.95. The summed E-state index contributed by atoms with van der Waals surface area (Å²) in [5, 5.41) is 0. The van der Waals surface area contributed by atoms with Crippen LogP contribution in [0.2, 0.25) is 0 Å². The second-order valence-corrected chi connectivity index (χ2v) is 3.38. The van der Waals surface area contributed by atoms with Crippen LogP contribution in [0.15, 0.2) is 48.7 Å². The molecule has 0 spiro atoms. The maximum Gasteiger partial charge on any atom is 0.239 e. The third kappa shape index (κ3) is 2.70. The molecule has 0 aliphatic heterocycles. The Morgan fingerprint density at radius 2 is 1.88 bits per heavy atom. The number of carbonyl (C=O) groups is 1. The van der Waals surface area contributed by atoms with Gasteiger partial charge in [0.25, 0.3) is 0 Å². The molecule has 1 aromatic carbocycles. The minimum Gasteiger partial charge on any atom is -0.383 e. The van der Waals surface area contributed by atoms with Gasteiger partial charge in [-0.2, -0.15) is 0 Å². The van der Waals surface area contributed by atoms with E-state index >= 15 is 0 Å². The smallest absolute Gasteiger partial charge is 0.239 e. The van der Waals surface area contributed by atoms with Crippen molar-refractivity contribution in [3.63, 3.8) is 0 Å². The van der Waals surface area contributed by atoms with Gasteiger partial charge in [0.15, 0.2) is 0 Å². The van der Waals surface area contributed by atoms with Crippen molar-refractivity contribution in [3.8, 4) is 11.8 Å². The van der Waals surface area contributed by atoms with Gasteiger partial charge in [-0.15, -0.1) is 0 Å². The summed E-state index contributed by atoms with van der Waals surface area (Å²) in [5.74, 6) is 5.22. The van der Waals surface area contributed by atoms with E-state index in [4.69, 9.17) is 5.73 Å². The Labute approximate surface area is 99.3 Å². The fraction of sp³-hybridized carbons (Fsp3) is 0. The monoisotopic (exact) mass is 222 g/mol. The number of nitrogens with zero attached hydrogens (tertiary/aromatic N) is 1. The van der Waals surface area contributed by atoms with Crippen LogP contribution in [0.3, 0.4) is 0 Å². The van der Waals surface area contributed by atoms with Crippen LogP contribution >= 0.6 is 0 Å². The summed E-state index contributed by atoms with van der Waals surface area (Å²) in [4.78, 5) is 15.6. The third-order valence-electron chi connectivity index (χ3n) is 2.18. The zero-order valence-electron chi connectivity index (χ0n) is 9.05. The maximum absolute atomic E-state index is 11.7. The summed E-state index contributed by atoms with van der Waals surface area (Å²) < 4.78 is 0. The van der Waals surface area contributed by atoms with Gasteiger partial charge in [0.05, 0.1) is 5.56 Å². The molecule has 3 heteroatoms. The van der Waals surface area contributed by atoms with E-state index < -0.39 is 0 Å². The van der Waals surface area contributed by atoms with Crippen molar-refractivity contribution in [2.45, 2.75) is 0 Å². The molecule has 1 heterocycles. The first-order valence-electron chi connectivity index (χ1n) is 5.09. The van der Waals surface area contributed by atoms with Crippen LogP contribution < -0.4 is 5.73 Å². The Kier molecular flexibility index (Phi) is 3.18. The number of hydrogen-bond acceptors (Lipinski definition) is 3. The maximum atomic E-state index is 11.7. The van der Waals surface area contributed by atoms with Crippen LogP contribution in [0.25, 0.3) is 0 Å². The number of rotatable bonds is 1. The molecule has 0 bridgehead atoms. The molecule has 0 fully saturated rings. The highest BCUT2D eigenvalue weighted by Crippen LogP contribution is 2.07. The van der Waals surface area contributed by atoms with E-state index in [1.54, 1.807) is 12.1 Å². The van der Waals surface area contributed by atoms with Gasteiger partial charge in [0.2, 0.25) is 5.78 Å². The first kappa shape index (κ1) is 10.9. The summed E-state index contributed by atoms with van der Waals surface area (Å²) in [5.41, 5.74) is 6.73. The van der Waals surface area contributed by atoms with Crippen molar-refractivity contribution in [1.29, 1.82) is 0 Å². The first-order valence-corrected chi connectivity index (χ1v) is 5.09. The standard InChI is InChI=1S/C14H10N2O/c15-14-12(7-4-10-16-14)13(17)9-8-11-5-2-1-3-6-11/h1-7,10H,(H2,15,16). The van der Waals surface area contributed by atoms with E-state index in [-0.39, 0.29) is 11.6 Å². The Bertz CT molecular complexity index is 594. The number of aromatic nitrogens is 1. The van der Waals surface area contributed by atoms with Crippen molar-refractivity contribution in [2.24, 2.45) is 0 Å². The van der Waals surface area contributed by atoms with Crippen LogP contribution in [-0.2, 0) is 0 Å². The van der Waals surface area contributed by atoms with Gasteiger partial charge < -0.3 is 5.73 Å². The number of pyridine rings is 1. The highest BCUT2D eigenvalue weighted by atomic mass is 16.1. The van der Waals surface area contributed by atoms with Crippen molar-refractivity contribution in [3.05, 3.63) is 59.8 Å². The van der Waals surface area contributed by atoms with Crippen LogP contribution in [0.5, 0.6) is 0 Å². The molecule has 1 aromatic heterocycles. The quantitative estimate of drug-likeness (QED) is 0.592. The fourth-order valence-electron chi connectivity index (χ4n) is 1.33. The minimum absolute atomic E-state index is 0.208. The summed E-state index contributed by atoms with van der Waals surface area (Å²) >= 11 is 0. The van der Waals surface area contributed by atoms with E-state index in [1.165, 1.54) is 6.20 Å². The first-order chi connectivity index (χ1) is 8.27. The molecule has 2 rings (SSSR count). The van der Waals surface area contributed by atoms with Crippen molar-refractivity contribution in [1.82, 2.24) is 4.98 Å². The lowest BCUT2D eigenvalue weighted by Gasteiger charge is -1.96. The minimum atomic E-state index is -0.320.